The minimum absolute atomic E-state index is 0.236. The second-order valence-corrected chi connectivity index (χ2v) is 8.23. The van der Waals surface area contributed by atoms with Crippen molar-refractivity contribution in [2.75, 3.05) is 5.73 Å². The van der Waals surface area contributed by atoms with E-state index in [2.05, 4.69) is 25.6 Å². The van der Waals surface area contributed by atoms with Gasteiger partial charge in [0.2, 0.25) is 5.95 Å². The average molecular weight is 461 g/mol. The zero-order valence-electron chi connectivity index (χ0n) is 16.9. The van der Waals surface area contributed by atoms with E-state index in [-0.39, 0.29) is 5.95 Å². The lowest BCUT2D eigenvalue weighted by atomic mass is 10.1. The van der Waals surface area contributed by atoms with Gasteiger partial charge in [-0.25, -0.2) is 15.0 Å². The van der Waals surface area contributed by atoms with Gasteiger partial charge >= 0.3 is 0 Å². The number of nitrogens with two attached hydrogens (primary N) is 1. The molecule has 0 saturated carbocycles. The normalized spacial score (nSPS) is 11.2. The van der Waals surface area contributed by atoms with Crippen molar-refractivity contribution < 1.29 is 0 Å². The minimum atomic E-state index is 0.236. The number of halogens is 2. The number of benzene rings is 2. The SMILES string of the molecule is Nc1nccc(-c2ccc3nc(Cc4ccncc4)n(Cc4cc(Cl)ccc4Cl)c3c2)n1. The molecule has 5 aromatic rings. The van der Waals surface area contributed by atoms with Crippen LogP contribution >= 0.6 is 23.2 Å². The molecule has 6 nitrogen and oxygen atoms in total. The first-order valence-corrected chi connectivity index (χ1v) is 10.7. The zero-order chi connectivity index (χ0) is 22.1. The van der Waals surface area contributed by atoms with Gasteiger partial charge in [-0.15, -0.1) is 0 Å². The quantitative estimate of drug-likeness (QED) is 0.378. The van der Waals surface area contributed by atoms with Crippen molar-refractivity contribution in [3.8, 4) is 11.3 Å². The monoisotopic (exact) mass is 460 g/mol. The number of hydrogen-bond acceptors (Lipinski definition) is 5. The number of imidazole rings is 1. The fraction of sp³-hybridized carbons (Fsp3) is 0.0833. The third-order valence-electron chi connectivity index (χ3n) is 5.25. The maximum absolute atomic E-state index is 6.49. The molecule has 3 heterocycles. The molecule has 158 valence electrons. The molecule has 3 aromatic heterocycles. The summed E-state index contributed by atoms with van der Waals surface area (Å²) >= 11 is 12.7. The summed E-state index contributed by atoms with van der Waals surface area (Å²) in [4.78, 5) is 17.4. The van der Waals surface area contributed by atoms with Gasteiger partial charge in [-0.1, -0.05) is 29.3 Å². The number of nitrogen functional groups attached to an aromatic ring is 1. The van der Waals surface area contributed by atoms with Crippen LogP contribution in [0, 0.1) is 0 Å². The highest BCUT2D eigenvalue weighted by Gasteiger charge is 2.15. The van der Waals surface area contributed by atoms with Crippen molar-refractivity contribution in [2.24, 2.45) is 0 Å². The van der Waals surface area contributed by atoms with Crippen LogP contribution in [-0.4, -0.2) is 24.5 Å². The van der Waals surface area contributed by atoms with Crippen LogP contribution in [0.3, 0.4) is 0 Å². The molecule has 0 aliphatic carbocycles. The Hall–Kier alpha value is -3.48. The fourth-order valence-electron chi connectivity index (χ4n) is 3.70. The number of nitrogens with zero attached hydrogens (tertiary/aromatic N) is 5. The van der Waals surface area contributed by atoms with Gasteiger partial charge in [0, 0.05) is 40.6 Å². The molecule has 0 radical (unpaired) electrons. The predicted octanol–water partition coefficient (Wildman–Crippen LogP) is 5.42. The van der Waals surface area contributed by atoms with Crippen molar-refractivity contribution in [1.82, 2.24) is 24.5 Å². The van der Waals surface area contributed by atoms with Crippen LogP contribution in [0.25, 0.3) is 22.3 Å². The molecular weight excluding hydrogens is 443 g/mol. The summed E-state index contributed by atoms with van der Waals surface area (Å²) in [6.07, 6.45) is 5.88. The van der Waals surface area contributed by atoms with E-state index in [9.17, 15) is 0 Å². The molecule has 0 amide bonds. The van der Waals surface area contributed by atoms with Gasteiger partial charge in [-0.3, -0.25) is 4.98 Å². The maximum Gasteiger partial charge on any atom is 0.220 e. The van der Waals surface area contributed by atoms with Crippen LogP contribution in [-0.2, 0) is 13.0 Å². The third kappa shape index (κ3) is 4.15. The van der Waals surface area contributed by atoms with Crippen molar-refractivity contribution in [3.05, 3.63) is 100 Å². The smallest absolute Gasteiger partial charge is 0.220 e. The molecule has 0 atom stereocenters. The van der Waals surface area contributed by atoms with Crippen LogP contribution in [0.2, 0.25) is 10.0 Å². The van der Waals surface area contributed by atoms with Gasteiger partial charge in [0.15, 0.2) is 0 Å². The van der Waals surface area contributed by atoms with Crippen LogP contribution < -0.4 is 5.73 Å². The van der Waals surface area contributed by atoms with Crippen LogP contribution in [0.4, 0.5) is 5.95 Å². The topological polar surface area (TPSA) is 82.5 Å². The Labute approximate surface area is 194 Å². The van der Waals surface area contributed by atoms with Gasteiger partial charge in [0.05, 0.1) is 23.3 Å². The standard InChI is InChI=1S/C24H18Cl2N6/c25-18-2-3-19(26)17(12-18)14-32-22-13-16(20-7-10-29-24(27)31-20)1-4-21(22)30-23(32)11-15-5-8-28-9-6-15/h1-10,12-13H,11,14H2,(H2,27,29,31). The molecule has 0 saturated heterocycles. The summed E-state index contributed by atoms with van der Waals surface area (Å²) in [6, 6.07) is 17.4. The Morgan fingerprint density at radius 2 is 1.72 bits per heavy atom. The molecule has 32 heavy (non-hydrogen) atoms. The van der Waals surface area contributed by atoms with E-state index in [1.807, 2.05) is 42.5 Å². The lowest BCUT2D eigenvalue weighted by molar-refractivity contribution is 0.762. The Morgan fingerprint density at radius 3 is 2.53 bits per heavy atom. The van der Waals surface area contributed by atoms with Gasteiger partial charge in [-0.05, 0) is 59.7 Å². The van der Waals surface area contributed by atoms with E-state index >= 15 is 0 Å². The zero-order valence-corrected chi connectivity index (χ0v) is 18.4. The van der Waals surface area contributed by atoms with E-state index in [1.165, 1.54) is 0 Å². The molecule has 5 rings (SSSR count). The fourth-order valence-corrected chi connectivity index (χ4v) is 4.07. The highest BCUT2D eigenvalue weighted by molar-refractivity contribution is 6.33. The summed E-state index contributed by atoms with van der Waals surface area (Å²) in [5, 5.41) is 1.30. The first kappa shape index (κ1) is 20.4. The summed E-state index contributed by atoms with van der Waals surface area (Å²) in [5.74, 6) is 1.15. The van der Waals surface area contributed by atoms with Crippen molar-refractivity contribution in [2.45, 2.75) is 13.0 Å². The van der Waals surface area contributed by atoms with Crippen LogP contribution in [0.5, 0.6) is 0 Å². The van der Waals surface area contributed by atoms with Crippen LogP contribution in [0.1, 0.15) is 17.0 Å². The van der Waals surface area contributed by atoms with Crippen molar-refractivity contribution >= 4 is 40.2 Å². The molecule has 0 bridgehead atoms. The van der Waals surface area contributed by atoms with Gasteiger partial charge in [0.1, 0.15) is 5.82 Å². The largest absolute Gasteiger partial charge is 0.368 e. The summed E-state index contributed by atoms with van der Waals surface area (Å²) in [6.45, 7) is 0.533. The molecule has 2 N–H and O–H groups in total. The summed E-state index contributed by atoms with van der Waals surface area (Å²) in [7, 11) is 0. The molecule has 0 fully saturated rings. The number of pyridine rings is 1. The van der Waals surface area contributed by atoms with Crippen LogP contribution in [0.15, 0.2) is 73.2 Å². The van der Waals surface area contributed by atoms with Gasteiger partial charge < -0.3 is 10.3 Å². The first-order chi connectivity index (χ1) is 15.6. The Bertz CT molecular complexity index is 1420. The second-order valence-electron chi connectivity index (χ2n) is 7.39. The Morgan fingerprint density at radius 1 is 0.875 bits per heavy atom. The predicted molar refractivity (Wildman–Crippen MR) is 128 cm³/mol. The molecule has 8 heteroatoms. The average Bonchev–Trinajstić information content (AvgIpc) is 3.13. The summed E-state index contributed by atoms with van der Waals surface area (Å²) < 4.78 is 2.17. The lowest BCUT2D eigenvalue weighted by Gasteiger charge is -2.12. The second kappa shape index (κ2) is 8.57. The number of fused-ring (bicyclic) bond motifs is 1. The highest BCUT2D eigenvalue weighted by atomic mass is 35.5. The lowest BCUT2D eigenvalue weighted by Crippen LogP contribution is -2.07. The molecule has 0 unspecified atom stereocenters. The van der Waals surface area contributed by atoms with Gasteiger partial charge in [0.25, 0.3) is 0 Å². The Balaban J connectivity index is 1.66. The minimum Gasteiger partial charge on any atom is -0.368 e. The Kier molecular flexibility index (Phi) is 5.47. The van der Waals surface area contributed by atoms with E-state index < -0.39 is 0 Å². The van der Waals surface area contributed by atoms with Gasteiger partial charge in [-0.2, -0.15) is 0 Å². The molecule has 0 spiro atoms. The van der Waals surface area contributed by atoms with E-state index in [0.29, 0.717) is 23.0 Å². The first-order valence-electron chi connectivity index (χ1n) is 9.98. The molecular formula is C24H18Cl2N6. The van der Waals surface area contributed by atoms with Crippen molar-refractivity contribution in [1.29, 1.82) is 0 Å². The molecule has 2 aromatic carbocycles. The molecule has 0 aliphatic heterocycles. The number of rotatable bonds is 5. The number of anilines is 1. The molecule has 0 aliphatic rings. The number of hydrogen-bond donors (Lipinski definition) is 1. The van der Waals surface area contributed by atoms with E-state index in [0.717, 1.165) is 39.2 Å². The third-order valence-corrected chi connectivity index (χ3v) is 5.85. The summed E-state index contributed by atoms with van der Waals surface area (Å²) in [5.41, 5.74) is 11.4. The van der Waals surface area contributed by atoms with E-state index in [4.69, 9.17) is 33.9 Å². The number of aromatic nitrogens is 5. The maximum atomic E-state index is 6.49. The van der Waals surface area contributed by atoms with E-state index in [1.54, 1.807) is 24.7 Å². The highest BCUT2D eigenvalue weighted by Crippen LogP contribution is 2.28. The van der Waals surface area contributed by atoms with Crippen molar-refractivity contribution in [3.63, 3.8) is 0 Å².